The Labute approximate surface area is 163 Å². The lowest BCUT2D eigenvalue weighted by Gasteiger charge is -2.28. The molecule has 1 fully saturated rings. The number of ether oxygens (including phenoxy) is 1. The van der Waals surface area contributed by atoms with Gasteiger partial charge in [0.2, 0.25) is 0 Å². The van der Waals surface area contributed by atoms with Crippen LogP contribution in [0.2, 0.25) is 0 Å². The molecule has 2 rings (SSSR count). The third-order valence-corrected chi connectivity index (χ3v) is 4.24. The van der Waals surface area contributed by atoms with E-state index in [4.69, 9.17) is 9.15 Å². The van der Waals surface area contributed by atoms with Crippen molar-refractivity contribution < 1.29 is 9.15 Å². The Balaban J connectivity index is 0.00000288. The largest absolute Gasteiger partial charge is 0.467 e. The van der Waals surface area contributed by atoms with Crippen molar-refractivity contribution in [3.63, 3.8) is 0 Å². The van der Waals surface area contributed by atoms with Crippen LogP contribution in [0.15, 0.2) is 27.8 Å². The van der Waals surface area contributed by atoms with Crippen LogP contribution in [-0.2, 0) is 11.3 Å². The third-order valence-electron chi connectivity index (χ3n) is 4.24. The van der Waals surface area contributed by atoms with Gasteiger partial charge in [-0.1, -0.05) is 6.92 Å². The Bertz CT molecular complexity index is 443. The number of rotatable bonds is 8. The van der Waals surface area contributed by atoms with Crippen LogP contribution in [0.1, 0.15) is 51.7 Å². The van der Waals surface area contributed by atoms with E-state index >= 15 is 0 Å². The lowest BCUT2D eigenvalue weighted by molar-refractivity contribution is 0.105. The molecular formula is C18H32IN3O2. The molecule has 6 heteroatoms. The van der Waals surface area contributed by atoms with E-state index in [2.05, 4.69) is 29.5 Å². The molecule has 0 spiro atoms. The van der Waals surface area contributed by atoms with E-state index in [1.807, 2.05) is 12.1 Å². The van der Waals surface area contributed by atoms with Crippen LogP contribution in [0.3, 0.4) is 0 Å². The highest BCUT2D eigenvalue weighted by Crippen LogP contribution is 2.23. The smallest absolute Gasteiger partial charge is 0.191 e. The maximum Gasteiger partial charge on any atom is 0.191 e. The molecular weight excluding hydrogens is 417 g/mol. The summed E-state index contributed by atoms with van der Waals surface area (Å²) in [4.78, 5) is 4.65. The normalized spacial score (nSPS) is 21.2. The summed E-state index contributed by atoms with van der Waals surface area (Å²) in [5.41, 5.74) is 0. The van der Waals surface area contributed by atoms with Gasteiger partial charge in [-0.05, 0) is 57.1 Å². The first-order chi connectivity index (χ1) is 11.3. The Morgan fingerprint density at radius 2 is 2.12 bits per heavy atom. The van der Waals surface area contributed by atoms with E-state index in [-0.39, 0.29) is 24.0 Å². The first-order valence-electron chi connectivity index (χ1n) is 8.93. The Kier molecular flexibility index (Phi) is 11.2. The van der Waals surface area contributed by atoms with Crippen molar-refractivity contribution in [2.24, 2.45) is 10.9 Å². The molecule has 0 amide bonds. The fraction of sp³-hybridized carbons (Fsp3) is 0.722. The van der Waals surface area contributed by atoms with Crippen LogP contribution in [0.4, 0.5) is 0 Å². The molecule has 1 aromatic rings. The van der Waals surface area contributed by atoms with E-state index in [1.54, 1.807) is 6.26 Å². The second kappa shape index (κ2) is 12.6. The summed E-state index contributed by atoms with van der Waals surface area (Å²) < 4.78 is 10.8. The number of hydrogen-bond donors (Lipinski definition) is 2. The molecule has 5 nitrogen and oxygen atoms in total. The standard InChI is InChI=1S/C18H31N3O2.HI/c1-3-19-18(21-16-9-7-15(2)8-10-16)20-11-5-12-22-14-17-6-4-13-23-17;/h4,6,13,15-16H,3,5,7-12,14H2,1-2H3,(H2,19,20,21);1H. The minimum Gasteiger partial charge on any atom is -0.467 e. The highest BCUT2D eigenvalue weighted by Gasteiger charge is 2.18. The number of hydrogen-bond acceptors (Lipinski definition) is 3. The molecule has 24 heavy (non-hydrogen) atoms. The monoisotopic (exact) mass is 449 g/mol. The van der Waals surface area contributed by atoms with Crippen LogP contribution in [0, 0.1) is 5.92 Å². The highest BCUT2D eigenvalue weighted by atomic mass is 127. The van der Waals surface area contributed by atoms with Crippen LogP contribution in [0.25, 0.3) is 0 Å². The van der Waals surface area contributed by atoms with Gasteiger partial charge in [-0.15, -0.1) is 24.0 Å². The number of halogens is 1. The second-order valence-corrected chi connectivity index (χ2v) is 6.35. The number of aliphatic imine (C=N–C) groups is 1. The summed E-state index contributed by atoms with van der Waals surface area (Å²) in [6.07, 6.45) is 7.72. The predicted octanol–water partition coefficient (Wildman–Crippen LogP) is 3.94. The fourth-order valence-electron chi connectivity index (χ4n) is 2.84. The lowest BCUT2D eigenvalue weighted by Crippen LogP contribution is -2.44. The summed E-state index contributed by atoms with van der Waals surface area (Å²) in [5, 5.41) is 6.91. The van der Waals surface area contributed by atoms with E-state index in [0.29, 0.717) is 19.3 Å². The summed E-state index contributed by atoms with van der Waals surface area (Å²) in [6, 6.07) is 4.37. The van der Waals surface area contributed by atoms with E-state index in [0.717, 1.165) is 37.1 Å². The fourth-order valence-corrected chi connectivity index (χ4v) is 2.84. The molecule has 1 aliphatic rings. The van der Waals surface area contributed by atoms with Crippen LogP contribution >= 0.6 is 24.0 Å². The maximum absolute atomic E-state index is 5.58. The lowest BCUT2D eigenvalue weighted by atomic mass is 9.87. The Morgan fingerprint density at radius 1 is 1.33 bits per heavy atom. The van der Waals surface area contributed by atoms with Gasteiger partial charge in [0.05, 0.1) is 6.26 Å². The van der Waals surface area contributed by atoms with E-state index < -0.39 is 0 Å². The summed E-state index contributed by atoms with van der Waals surface area (Å²) in [6.45, 7) is 7.35. The second-order valence-electron chi connectivity index (χ2n) is 6.35. The van der Waals surface area contributed by atoms with Crippen molar-refractivity contribution in [2.45, 2.75) is 58.6 Å². The average molecular weight is 449 g/mol. The minimum absolute atomic E-state index is 0. The van der Waals surface area contributed by atoms with Gasteiger partial charge in [-0.25, -0.2) is 0 Å². The number of nitrogens with one attached hydrogen (secondary N) is 2. The molecule has 2 N–H and O–H groups in total. The number of furan rings is 1. The zero-order chi connectivity index (χ0) is 16.3. The molecule has 1 aromatic heterocycles. The average Bonchev–Trinajstić information content (AvgIpc) is 3.06. The van der Waals surface area contributed by atoms with Crippen molar-refractivity contribution in [1.82, 2.24) is 10.6 Å². The predicted molar refractivity (Wildman–Crippen MR) is 109 cm³/mol. The topological polar surface area (TPSA) is 58.8 Å². The quantitative estimate of drug-likeness (QED) is 0.273. The van der Waals surface area contributed by atoms with Crippen LogP contribution in [0.5, 0.6) is 0 Å². The third kappa shape index (κ3) is 8.37. The van der Waals surface area contributed by atoms with Gasteiger partial charge in [0, 0.05) is 25.7 Å². The van der Waals surface area contributed by atoms with Crippen molar-refractivity contribution in [3.05, 3.63) is 24.2 Å². The molecule has 0 aliphatic heterocycles. The SMILES string of the molecule is CCNC(=NCCCOCc1ccco1)NC1CCC(C)CC1.I. The molecule has 138 valence electrons. The van der Waals surface area contributed by atoms with Crippen LogP contribution in [-0.4, -0.2) is 31.7 Å². The van der Waals surface area contributed by atoms with Gasteiger partial charge in [0.1, 0.15) is 12.4 Å². The zero-order valence-corrected chi connectivity index (χ0v) is 17.3. The van der Waals surface area contributed by atoms with E-state index in [9.17, 15) is 0 Å². The summed E-state index contributed by atoms with van der Waals surface area (Å²) in [7, 11) is 0. The first-order valence-corrected chi connectivity index (χ1v) is 8.93. The molecule has 0 atom stereocenters. The highest BCUT2D eigenvalue weighted by molar-refractivity contribution is 14.0. The molecule has 1 heterocycles. The first kappa shape index (κ1) is 21.3. The van der Waals surface area contributed by atoms with Gasteiger partial charge in [-0.2, -0.15) is 0 Å². The minimum atomic E-state index is 0. The van der Waals surface area contributed by atoms with Crippen LogP contribution < -0.4 is 10.6 Å². The molecule has 0 unspecified atom stereocenters. The van der Waals surface area contributed by atoms with Gasteiger partial charge in [0.25, 0.3) is 0 Å². The molecule has 0 bridgehead atoms. The summed E-state index contributed by atoms with van der Waals surface area (Å²) >= 11 is 0. The van der Waals surface area contributed by atoms with Crippen molar-refractivity contribution in [2.75, 3.05) is 19.7 Å². The number of nitrogens with zero attached hydrogens (tertiary/aromatic N) is 1. The van der Waals surface area contributed by atoms with Gasteiger partial charge < -0.3 is 19.8 Å². The van der Waals surface area contributed by atoms with Gasteiger partial charge in [-0.3, -0.25) is 4.99 Å². The van der Waals surface area contributed by atoms with Crippen molar-refractivity contribution in [1.29, 1.82) is 0 Å². The molecule has 0 saturated heterocycles. The van der Waals surface area contributed by atoms with Crippen molar-refractivity contribution in [3.8, 4) is 0 Å². The van der Waals surface area contributed by atoms with Gasteiger partial charge in [0.15, 0.2) is 5.96 Å². The number of guanidine groups is 1. The molecule has 1 saturated carbocycles. The molecule has 0 aromatic carbocycles. The maximum atomic E-state index is 5.58. The zero-order valence-electron chi connectivity index (χ0n) is 14.9. The molecule has 0 radical (unpaired) electrons. The Hall–Kier alpha value is -0.760. The van der Waals surface area contributed by atoms with Crippen molar-refractivity contribution >= 4 is 29.9 Å². The molecule has 1 aliphatic carbocycles. The Morgan fingerprint density at radius 3 is 2.79 bits per heavy atom. The van der Waals surface area contributed by atoms with Gasteiger partial charge >= 0.3 is 0 Å². The van der Waals surface area contributed by atoms with E-state index in [1.165, 1.54) is 25.7 Å². The summed E-state index contributed by atoms with van der Waals surface area (Å²) in [5.74, 6) is 2.69.